The maximum atomic E-state index is 13.7. The number of aromatic nitrogens is 1. The molecule has 6 nitrogen and oxygen atoms in total. The van der Waals surface area contributed by atoms with E-state index in [1.54, 1.807) is 24.5 Å². The van der Waals surface area contributed by atoms with Crippen LogP contribution in [0, 0.1) is 0 Å². The zero-order valence-corrected chi connectivity index (χ0v) is 21.8. The minimum absolute atomic E-state index is 0.196. The molecule has 186 valence electrons. The minimum Gasteiger partial charge on any atom is -0.490 e. The molecule has 2 aromatic carbocycles. The molecule has 0 saturated heterocycles. The Morgan fingerprint density at radius 1 is 1.17 bits per heavy atom. The van der Waals surface area contributed by atoms with Gasteiger partial charge >= 0.3 is 5.97 Å². The largest absolute Gasteiger partial charge is 0.490 e. The molecule has 7 heteroatoms. The molecule has 1 aliphatic heterocycles. The molecule has 0 fully saturated rings. The van der Waals surface area contributed by atoms with Crippen LogP contribution in [0.3, 0.4) is 0 Å². The van der Waals surface area contributed by atoms with Gasteiger partial charge in [-0.15, -0.1) is 0 Å². The van der Waals surface area contributed by atoms with Gasteiger partial charge in [0, 0.05) is 0 Å². The third-order valence-electron chi connectivity index (χ3n) is 5.98. The van der Waals surface area contributed by atoms with Crippen molar-refractivity contribution in [1.82, 2.24) is 4.57 Å². The van der Waals surface area contributed by atoms with Gasteiger partial charge in [0.15, 0.2) is 4.80 Å². The van der Waals surface area contributed by atoms with Crippen LogP contribution in [0.2, 0.25) is 0 Å². The topological polar surface area (TPSA) is 69.9 Å². The predicted octanol–water partition coefficient (Wildman–Crippen LogP) is 4.49. The first-order chi connectivity index (χ1) is 17.3. The maximum Gasteiger partial charge on any atom is 0.338 e. The highest BCUT2D eigenvalue weighted by Gasteiger charge is 2.33. The molecule has 0 aliphatic carbocycles. The molecule has 2 heterocycles. The molecule has 0 saturated carbocycles. The highest BCUT2D eigenvalue weighted by Crippen LogP contribution is 2.31. The van der Waals surface area contributed by atoms with Crippen molar-refractivity contribution in [1.29, 1.82) is 0 Å². The highest BCUT2D eigenvalue weighted by atomic mass is 32.1. The Labute approximate surface area is 214 Å². The average molecular weight is 503 g/mol. The Morgan fingerprint density at radius 2 is 1.86 bits per heavy atom. The number of carbonyl (C=O) groups is 1. The molecule has 0 N–H and O–H groups in total. The van der Waals surface area contributed by atoms with Crippen LogP contribution in [-0.2, 0) is 9.53 Å². The minimum atomic E-state index is -0.613. The maximum absolute atomic E-state index is 13.7. The van der Waals surface area contributed by atoms with Crippen LogP contribution in [0.15, 0.2) is 82.2 Å². The molecule has 0 amide bonds. The normalized spacial score (nSPS) is 15.5. The number of fused-ring (bicyclic) bond motifs is 1. The van der Waals surface area contributed by atoms with Crippen LogP contribution < -0.4 is 19.6 Å². The number of rotatable bonds is 8. The molecule has 4 rings (SSSR count). The van der Waals surface area contributed by atoms with E-state index in [-0.39, 0.29) is 12.2 Å². The zero-order valence-electron chi connectivity index (χ0n) is 21.0. The lowest BCUT2D eigenvalue weighted by molar-refractivity contribution is -0.139. The van der Waals surface area contributed by atoms with E-state index in [9.17, 15) is 9.59 Å². The molecule has 1 aromatic heterocycles. The van der Waals surface area contributed by atoms with E-state index in [0.29, 0.717) is 33.1 Å². The highest BCUT2D eigenvalue weighted by molar-refractivity contribution is 7.07. The molecule has 3 aromatic rings. The zero-order chi connectivity index (χ0) is 25.8. The number of carbonyl (C=O) groups excluding carboxylic acids is 1. The lowest BCUT2D eigenvalue weighted by atomic mass is 9.93. The van der Waals surface area contributed by atoms with Crippen LogP contribution in [0.5, 0.6) is 5.75 Å². The van der Waals surface area contributed by atoms with Gasteiger partial charge in [-0.3, -0.25) is 9.36 Å². The van der Waals surface area contributed by atoms with Crippen molar-refractivity contribution in [3.63, 3.8) is 0 Å². The van der Waals surface area contributed by atoms with Gasteiger partial charge in [-0.2, -0.15) is 0 Å². The number of allylic oxidation sites excluding steroid dienone is 1. The third kappa shape index (κ3) is 5.11. The number of ether oxygens (including phenoxy) is 2. The van der Waals surface area contributed by atoms with Crippen LogP contribution in [-0.4, -0.2) is 23.8 Å². The van der Waals surface area contributed by atoms with Crippen molar-refractivity contribution in [2.24, 2.45) is 4.99 Å². The Balaban J connectivity index is 1.84. The summed E-state index contributed by atoms with van der Waals surface area (Å²) in [6.45, 7) is 12.1. The summed E-state index contributed by atoms with van der Waals surface area (Å²) in [4.78, 5) is 31.9. The summed E-state index contributed by atoms with van der Waals surface area (Å²) in [6.07, 6.45) is 3.53. The molecule has 0 spiro atoms. The summed E-state index contributed by atoms with van der Waals surface area (Å²) in [5.74, 6) is 0.644. The molecule has 0 radical (unpaired) electrons. The van der Waals surface area contributed by atoms with Crippen molar-refractivity contribution < 1.29 is 14.3 Å². The van der Waals surface area contributed by atoms with Crippen LogP contribution in [0.1, 0.15) is 56.3 Å². The molecule has 36 heavy (non-hydrogen) atoms. The summed E-state index contributed by atoms with van der Waals surface area (Å²) in [5.41, 5.74) is 3.64. The van der Waals surface area contributed by atoms with E-state index < -0.39 is 12.0 Å². The fourth-order valence-electron chi connectivity index (χ4n) is 4.14. The monoisotopic (exact) mass is 502 g/mol. The van der Waals surface area contributed by atoms with Gasteiger partial charge in [0.05, 0.1) is 28.5 Å². The van der Waals surface area contributed by atoms with Crippen molar-refractivity contribution in [2.45, 2.75) is 39.7 Å². The van der Waals surface area contributed by atoms with Crippen LogP contribution in [0.4, 0.5) is 0 Å². The van der Waals surface area contributed by atoms with Crippen molar-refractivity contribution >= 4 is 23.4 Å². The number of hydrogen-bond acceptors (Lipinski definition) is 6. The van der Waals surface area contributed by atoms with Gasteiger partial charge in [0.25, 0.3) is 5.56 Å². The van der Waals surface area contributed by atoms with Gasteiger partial charge < -0.3 is 9.47 Å². The summed E-state index contributed by atoms with van der Waals surface area (Å²) >= 11 is 1.31. The van der Waals surface area contributed by atoms with Gasteiger partial charge in [-0.1, -0.05) is 74.2 Å². The van der Waals surface area contributed by atoms with E-state index >= 15 is 0 Å². The smallest absolute Gasteiger partial charge is 0.338 e. The SMILES string of the molecule is C=CCOc1ccc(/C=c2\sc3n(c2=O)[C@@H](c2ccc(C(C)C)cc2)C(C(=O)OCC)=C(C)N=3)cc1. The quantitative estimate of drug-likeness (QED) is 0.336. The fourth-order valence-corrected chi connectivity index (χ4v) is 5.18. The lowest BCUT2D eigenvalue weighted by Gasteiger charge is -2.25. The molecular formula is C29H30N2O4S. The van der Waals surface area contributed by atoms with E-state index in [1.165, 1.54) is 16.9 Å². The van der Waals surface area contributed by atoms with E-state index in [4.69, 9.17) is 9.47 Å². The molecule has 1 atom stereocenters. The fraction of sp³-hybridized carbons (Fsp3) is 0.276. The molecule has 0 unspecified atom stereocenters. The van der Waals surface area contributed by atoms with Crippen LogP contribution >= 0.6 is 11.3 Å². The predicted molar refractivity (Wildman–Crippen MR) is 143 cm³/mol. The first kappa shape index (κ1) is 25.4. The standard InChI is InChI=1S/C29H30N2O4S/c1-6-16-35-23-14-8-20(9-15-23)17-24-27(32)31-26(22-12-10-21(11-13-22)18(3)4)25(28(33)34-7-2)19(5)30-29(31)36-24/h6,8-15,17-18,26H,1,7,16H2,2-5H3/b24-17-/t26-/m0/s1. The Morgan fingerprint density at radius 3 is 2.47 bits per heavy atom. The Kier molecular flexibility index (Phi) is 7.70. The molecule has 1 aliphatic rings. The second kappa shape index (κ2) is 10.9. The first-order valence-electron chi connectivity index (χ1n) is 12.0. The van der Waals surface area contributed by atoms with Crippen molar-refractivity contribution in [2.75, 3.05) is 13.2 Å². The average Bonchev–Trinajstić information content (AvgIpc) is 3.17. The number of thiazole rings is 1. The number of esters is 1. The van der Waals surface area contributed by atoms with Gasteiger partial charge in [-0.05, 0) is 54.7 Å². The summed E-state index contributed by atoms with van der Waals surface area (Å²) in [6, 6.07) is 14.9. The first-order valence-corrected chi connectivity index (χ1v) is 12.8. The summed E-state index contributed by atoms with van der Waals surface area (Å²) < 4.78 is 13.1. The van der Waals surface area contributed by atoms with Crippen LogP contribution in [0.25, 0.3) is 6.08 Å². The van der Waals surface area contributed by atoms with Gasteiger partial charge in [0.1, 0.15) is 12.4 Å². The van der Waals surface area contributed by atoms with Crippen molar-refractivity contribution in [3.05, 3.63) is 109 Å². The lowest BCUT2D eigenvalue weighted by Crippen LogP contribution is -2.39. The third-order valence-corrected chi connectivity index (χ3v) is 6.96. The second-order valence-electron chi connectivity index (χ2n) is 8.79. The number of hydrogen-bond donors (Lipinski definition) is 0. The Bertz CT molecular complexity index is 1480. The summed E-state index contributed by atoms with van der Waals surface area (Å²) in [5, 5.41) is 0. The number of benzene rings is 2. The Hall–Kier alpha value is -3.71. The molecule has 0 bridgehead atoms. The van der Waals surface area contributed by atoms with Crippen molar-refractivity contribution in [3.8, 4) is 5.75 Å². The summed E-state index contributed by atoms with van der Waals surface area (Å²) in [7, 11) is 0. The second-order valence-corrected chi connectivity index (χ2v) is 9.80. The van der Waals surface area contributed by atoms with Gasteiger partial charge in [0.2, 0.25) is 0 Å². The van der Waals surface area contributed by atoms with E-state index in [1.807, 2.05) is 54.6 Å². The molecular weight excluding hydrogens is 472 g/mol. The van der Waals surface area contributed by atoms with Gasteiger partial charge in [-0.25, -0.2) is 9.79 Å². The van der Waals surface area contributed by atoms with E-state index in [2.05, 4.69) is 25.4 Å². The number of nitrogens with zero attached hydrogens (tertiary/aromatic N) is 2. The van der Waals surface area contributed by atoms with E-state index in [0.717, 1.165) is 16.9 Å².